The lowest BCUT2D eigenvalue weighted by Crippen LogP contribution is -1.93. The first-order valence-electron chi connectivity index (χ1n) is 5.14. The first kappa shape index (κ1) is 13.2. The van der Waals surface area contributed by atoms with Crippen molar-refractivity contribution in [2.75, 3.05) is 0 Å². The van der Waals surface area contributed by atoms with Crippen molar-refractivity contribution in [1.82, 2.24) is 0 Å². The Hall–Kier alpha value is -0.210. The van der Waals surface area contributed by atoms with E-state index in [0.717, 1.165) is 11.1 Å². The lowest BCUT2D eigenvalue weighted by molar-refractivity contribution is 1.13. The molecule has 0 saturated carbocycles. The molecular weight excluding hydrogens is 295 g/mol. The van der Waals surface area contributed by atoms with E-state index in [1.165, 1.54) is 9.75 Å². The van der Waals surface area contributed by atoms with Crippen molar-refractivity contribution in [3.8, 4) is 0 Å². The molecule has 1 aromatic heterocycles. The van der Waals surface area contributed by atoms with Crippen molar-refractivity contribution >= 4 is 46.1 Å². The van der Waals surface area contributed by atoms with Crippen molar-refractivity contribution in [3.63, 3.8) is 0 Å². The van der Waals surface area contributed by atoms with Crippen LogP contribution in [0.15, 0.2) is 24.3 Å². The molecule has 0 aliphatic carbocycles. The van der Waals surface area contributed by atoms with Crippen LogP contribution < -0.4 is 0 Å². The SMILES string of the molecule is Cc1cc(C(Cl)c2cc(Cl)cc(Cl)c2)c(C)s1. The van der Waals surface area contributed by atoms with Crippen LogP contribution in [-0.2, 0) is 0 Å². The number of hydrogen-bond donors (Lipinski definition) is 0. The maximum atomic E-state index is 6.48. The molecule has 0 aliphatic heterocycles. The predicted octanol–water partition coefficient (Wildman–Crippen LogP) is 6.00. The van der Waals surface area contributed by atoms with Gasteiger partial charge in [0.15, 0.2) is 0 Å². The van der Waals surface area contributed by atoms with Gasteiger partial charge >= 0.3 is 0 Å². The molecular formula is C13H11Cl3S. The third-order valence-electron chi connectivity index (χ3n) is 2.53. The van der Waals surface area contributed by atoms with Crippen LogP contribution in [0.5, 0.6) is 0 Å². The molecule has 0 spiro atoms. The Kier molecular flexibility index (Phi) is 4.04. The fraction of sp³-hybridized carbons (Fsp3) is 0.231. The number of hydrogen-bond acceptors (Lipinski definition) is 1. The van der Waals surface area contributed by atoms with E-state index in [1.807, 2.05) is 12.1 Å². The zero-order chi connectivity index (χ0) is 12.6. The Morgan fingerprint density at radius 1 is 1.00 bits per heavy atom. The second kappa shape index (κ2) is 5.19. The van der Waals surface area contributed by atoms with Gasteiger partial charge in [-0.2, -0.15) is 0 Å². The first-order valence-corrected chi connectivity index (χ1v) is 7.15. The highest BCUT2D eigenvalue weighted by Crippen LogP contribution is 2.37. The minimum Gasteiger partial charge on any atom is -0.146 e. The summed E-state index contributed by atoms with van der Waals surface area (Å²) in [6.45, 7) is 4.16. The Labute approximate surface area is 120 Å². The van der Waals surface area contributed by atoms with Crippen molar-refractivity contribution in [3.05, 3.63) is 55.2 Å². The largest absolute Gasteiger partial charge is 0.146 e. The lowest BCUT2D eigenvalue weighted by Gasteiger charge is -2.10. The van der Waals surface area contributed by atoms with Crippen LogP contribution in [0.3, 0.4) is 0 Å². The van der Waals surface area contributed by atoms with E-state index in [-0.39, 0.29) is 5.38 Å². The van der Waals surface area contributed by atoms with Crippen LogP contribution in [0.1, 0.15) is 26.3 Å². The predicted molar refractivity (Wildman–Crippen MR) is 78.0 cm³/mol. The number of aryl methyl sites for hydroxylation is 2. The number of thiophene rings is 1. The second-order valence-corrected chi connectivity index (χ2v) is 6.70. The fourth-order valence-electron chi connectivity index (χ4n) is 1.80. The Morgan fingerprint density at radius 3 is 2.06 bits per heavy atom. The van der Waals surface area contributed by atoms with Crippen LogP contribution >= 0.6 is 46.1 Å². The molecule has 0 bridgehead atoms. The zero-order valence-corrected chi connectivity index (χ0v) is 12.5. The van der Waals surface area contributed by atoms with Crippen LogP contribution in [0.4, 0.5) is 0 Å². The number of alkyl halides is 1. The van der Waals surface area contributed by atoms with Gasteiger partial charge in [0.25, 0.3) is 0 Å². The summed E-state index contributed by atoms with van der Waals surface area (Å²) in [6.07, 6.45) is 0. The number of benzene rings is 1. The highest BCUT2D eigenvalue weighted by Gasteiger charge is 2.16. The van der Waals surface area contributed by atoms with Crippen LogP contribution in [0.2, 0.25) is 10.0 Å². The monoisotopic (exact) mass is 304 g/mol. The summed E-state index contributed by atoms with van der Waals surface area (Å²) in [7, 11) is 0. The van der Waals surface area contributed by atoms with Crippen LogP contribution in [0.25, 0.3) is 0 Å². The van der Waals surface area contributed by atoms with Gasteiger partial charge in [0.1, 0.15) is 0 Å². The quantitative estimate of drug-likeness (QED) is 0.597. The molecule has 2 aromatic rings. The number of halogens is 3. The van der Waals surface area contributed by atoms with Gasteiger partial charge in [0.2, 0.25) is 0 Å². The molecule has 1 atom stereocenters. The van der Waals surface area contributed by atoms with Gasteiger partial charge in [-0.05, 0) is 49.2 Å². The van der Waals surface area contributed by atoms with E-state index < -0.39 is 0 Å². The Bertz CT molecular complexity index is 525. The van der Waals surface area contributed by atoms with E-state index >= 15 is 0 Å². The average Bonchev–Trinajstić information content (AvgIpc) is 2.55. The molecule has 4 heteroatoms. The van der Waals surface area contributed by atoms with Gasteiger partial charge in [-0.15, -0.1) is 22.9 Å². The molecule has 1 heterocycles. The second-order valence-electron chi connectivity index (χ2n) is 3.93. The molecule has 0 N–H and O–H groups in total. The van der Waals surface area contributed by atoms with Gasteiger partial charge < -0.3 is 0 Å². The van der Waals surface area contributed by atoms with Gasteiger partial charge in [0, 0.05) is 19.8 Å². The smallest absolute Gasteiger partial charge is 0.0847 e. The van der Waals surface area contributed by atoms with Gasteiger partial charge in [-0.1, -0.05) is 23.2 Å². The molecule has 0 amide bonds. The fourth-order valence-corrected chi connectivity index (χ4v) is 3.73. The third-order valence-corrected chi connectivity index (χ3v) is 4.44. The molecule has 1 unspecified atom stereocenters. The molecule has 0 radical (unpaired) electrons. The van der Waals surface area contributed by atoms with Gasteiger partial charge in [0.05, 0.1) is 5.38 Å². The summed E-state index contributed by atoms with van der Waals surface area (Å²) in [4.78, 5) is 2.50. The lowest BCUT2D eigenvalue weighted by atomic mass is 10.1. The minimum absolute atomic E-state index is 0.198. The molecule has 2 rings (SSSR count). The summed E-state index contributed by atoms with van der Waals surface area (Å²) in [5, 5.41) is 1.03. The molecule has 17 heavy (non-hydrogen) atoms. The maximum absolute atomic E-state index is 6.48. The molecule has 0 saturated heterocycles. The van der Waals surface area contributed by atoms with Crippen molar-refractivity contribution in [1.29, 1.82) is 0 Å². The molecule has 0 aliphatic rings. The van der Waals surface area contributed by atoms with Crippen LogP contribution in [-0.4, -0.2) is 0 Å². The van der Waals surface area contributed by atoms with E-state index in [2.05, 4.69) is 19.9 Å². The van der Waals surface area contributed by atoms with Crippen molar-refractivity contribution in [2.24, 2.45) is 0 Å². The van der Waals surface area contributed by atoms with E-state index in [9.17, 15) is 0 Å². The Morgan fingerprint density at radius 2 is 1.59 bits per heavy atom. The van der Waals surface area contributed by atoms with Crippen LogP contribution in [0, 0.1) is 13.8 Å². The first-order chi connectivity index (χ1) is 7.97. The number of rotatable bonds is 2. The highest BCUT2D eigenvalue weighted by atomic mass is 35.5. The van der Waals surface area contributed by atoms with Crippen molar-refractivity contribution < 1.29 is 0 Å². The minimum atomic E-state index is -0.198. The Balaban J connectivity index is 2.43. The van der Waals surface area contributed by atoms with Gasteiger partial charge in [-0.3, -0.25) is 0 Å². The summed E-state index contributed by atoms with van der Waals surface area (Å²) in [5.41, 5.74) is 2.07. The molecule has 1 aromatic carbocycles. The topological polar surface area (TPSA) is 0 Å². The molecule has 0 fully saturated rings. The summed E-state index contributed by atoms with van der Waals surface area (Å²) < 4.78 is 0. The zero-order valence-electron chi connectivity index (χ0n) is 9.43. The highest BCUT2D eigenvalue weighted by molar-refractivity contribution is 7.12. The summed E-state index contributed by atoms with van der Waals surface area (Å²) >= 11 is 20.2. The van der Waals surface area contributed by atoms with E-state index in [0.29, 0.717) is 10.0 Å². The van der Waals surface area contributed by atoms with E-state index in [4.69, 9.17) is 34.8 Å². The molecule has 90 valence electrons. The summed E-state index contributed by atoms with van der Waals surface area (Å²) in [5.74, 6) is 0. The third kappa shape index (κ3) is 2.97. The summed E-state index contributed by atoms with van der Waals surface area (Å²) in [6, 6.07) is 7.55. The average molecular weight is 306 g/mol. The van der Waals surface area contributed by atoms with Crippen molar-refractivity contribution in [2.45, 2.75) is 19.2 Å². The standard InChI is InChI=1S/C13H11Cl3S/c1-7-3-12(8(2)17-7)13(16)9-4-10(14)6-11(15)5-9/h3-6,13H,1-2H3. The van der Waals surface area contributed by atoms with E-state index in [1.54, 1.807) is 17.4 Å². The normalized spacial score (nSPS) is 12.8. The molecule has 0 nitrogen and oxygen atoms in total. The van der Waals surface area contributed by atoms with Gasteiger partial charge in [-0.25, -0.2) is 0 Å². The maximum Gasteiger partial charge on any atom is 0.0847 e.